The molecule has 0 unspecified atom stereocenters. The fourth-order valence-electron chi connectivity index (χ4n) is 1.69. The molecular weight excluding hydrogens is 230 g/mol. The van der Waals surface area contributed by atoms with Crippen LogP contribution in [0.25, 0.3) is 11.1 Å². The molecule has 94 valence electrons. The minimum absolute atomic E-state index is 0.387. The van der Waals surface area contributed by atoms with Crippen molar-refractivity contribution in [2.45, 2.75) is 6.92 Å². The second kappa shape index (κ2) is 4.87. The molecule has 0 aliphatic rings. The maximum Gasteiger partial charge on any atom is 0.252 e. The molecule has 0 saturated carbocycles. The van der Waals surface area contributed by atoms with Gasteiger partial charge >= 0.3 is 0 Å². The van der Waals surface area contributed by atoms with Crippen LogP contribution in [0, 0.1) is 0 Å². The lowest BCUT2D eigenvalue weighted by Crippen LogP contribution is -2.15. The van der Waals surface area contributed by atoms with Crippen molar-refractivity contribution in [2.24, 2.45) is 12.8 Å². The first-order valence-electron chi connectivity index (χ1n) is 5.64. The summed E-state index contributed by atoms with van der Waals surface area (Å²) in [4.78, 5) is 15.6. The predicted molar refractivity (Wildman–Crippen MR) is 69.1 cm³/mol. The highest BCUT2D eigenvalue weighted by atomic mass is 16.1. The van der Waals surface area contributed by atoms with Crippen molar-refractivity contribution < 1.29 is 4.79 Å². The van der Waals surface area contributed by atoms with Crippen LogP contribution >= 0.6 is 0 Å². The van der Waals surface area contributed by atoms with E-state index in [1.807, 2.05) is 20.2 Å². The second-order valence-electron chi connectivity index (χ2n) is 3.92. The molecule has 0 bridgehead atoms. The lowest BCUT2D eigenvalue weighted by molar-refractivity contribution is 0.100. The van der Waals surface area contributed by atoms with Gasteiger partial charge < -0.3 is 11.1 Å². The van der Waals surface area contributed by atoms with Crippen LogP contribution in [-0.2, 0) is 7.05 Å². The standard InChI is InChI=1S/C12H15N5O/c1-3-14-12-10(11(13)18)4-8(5-15-12)9-6-16-17(2)7-9/h4-7H,3H2,1-2H3,(H2,13,18)(H,14,15). The van der Waals surface area contributed by atoms with E-state index in [2.05, 4.69) is 15.4 Å². The molecule has 0 aliphatic heterocycles. The molecule has 18 heavy (non-hydrogen) atoms. The van der Waals surface area contributed by atoms with Crippen molar-refractivity contribution in [2.75, 3.05) is 11.9 Å². The first-order chi connectivity index (χ1) is 8.61. The van der Waals surface area contributed by atoms with Gasteiger partial charge in [-0.2, -0.15) is 5.10 Å². The Balaban J connectivity index is 2.46. The van der Waals surface area contributed by atoms with Crippen LogP contribution in [-0.4, -0.2) is 27.2 Å². The molecule has 2 aromatic rings. The quantitative estimate of drug-likeness (QED) is 0.841. The van der Waals surface area contributed by atoms with E-state index >= 15 is 0 Å². The van der Waals surface area contributed by atoms with Crippen molar-refractivity contribution in [3.05, 3.63) is 30.2 Å². The molecule has 3 N–H and O–H groups in total. The van der Waals surface area contributed by atoms with Crippen LogP contribution in [0.3, 0.4) is 0 Å². The number of nitrogens with zero attached hydrogens (tertiary/aromatic N) is 3. The molecule has 2 rings (SSSR count). The third kappa shape index (κ3) is 2.32. The zero-order chi connectivity index (χ0) is 13.1. The molecule has 6 heteroatoms. The average Bonchev–Trinajstić information content (AvgIpc) is 2.76. The predicted octanol–water partition coefficient (Wildman–Crippen LogP) is 1.01. The number of carbonyl (C=O) groups excluding carboxylic acids is 1. The van der Waals surface area contributed by atoms with Crippen molar-refractivity contribution >= 4 is 11.7 Å². The normalized spacial score (nSPS) is 10.3. The Hall–Kier alpha value is -2.37. The number of carbonyl (C=O) groups is 1. The number of aromatic nitrogens is 3. The van der Waals surface area contributed by atoms with Crippen LogP contribution < -0.4 is 11.1 Å². The summed E-state index contributed by atoms with van der Waals surface area (Å²) < 4.78 is 1.69. The maximum atomic E-state index is 11.4. The summed E-state index contributed by atoms with van der Waals surface area (Å²) in [5.41, 5.74) is 7.46. The van der Waals surface area contributed by atoms with Crippen molar-refractivity contribution in [1.82, 2.24) is 14.8 Å². The topological polar surface area (TPSA) is 85.8 Å². The third-order valence-electron chi connectivity index (χ3n) is 2.54. The number of nitrogens with two attached hydrogens (primary N) is 1. The molecule has 0 saturated heterocycles. The lowest BCUT2D eigenvalue weighted by Gasteiger charge is -2.08. The Bertz CT molecular complexity index is 576. The van der Waals surface area contributed by atoms with Gasteiger partial charge in [-0.3, -0.25) is 9.48 Å². The summed E-state index contributed by atoms with van der Waals surface area (Å²) in [5, 5.41) is 7.09. The van der Waals surface area contributed by atoms with Gasteiger partial charge in [-0.05, 0) is 13.0 Å². The van der Waals surface area contributed by atoms with Crippen molar-refractivity contribution in [1.29, 1.82) is 0 Å². The van der Waals surface area contributed by atoms with E-state index in [0.717, 1.165) is 11.1 Å². The van der Waals surface area contributed by atoms with Gasteiger partial charge in [-0.15, -0.1) is 0 Å². The molecule has 0 aliphatic carbocycles. The fourth-order valence-corrected chi connectivity index (χ4v) is 1.69. The zero-order valence-electron chi connectivity index (χ0n) is 10.3. The molecule has 0 aromatic carbocycles. The smallest absolute Gasteiger partial charge is 0.252 e. The number of amides is 1. The minimum Gasteiger partial charge on any atom is -0.370 e. The molecule has 2 heterocycles. The number of primary amides is 1. The maximum absolute atomic E-state index is 11.4. The highest BCUT2D eigenvalue weighted by molar-refractivity contribution is 5.98. The first-order valence-corrected chi connectivity index (χ1v) is 5.64. The molecule has 0 spiro atoms. The summed E-state index contributed by atoms with van der Waals surface area (Å²) in [6.45, 7) is 2.61. The Morgan fingerprint density at radius 2 is 2.22 bits per heavy atom. The SMILES string of the molecule is CCNc1ncc(-c2cnn(C)c2)cc1C(N)=O. The molecule has 0 atom stereocenters. The Kier molecular flexibility index (Phi) is 3.27. The summed E-state index contributed by atoms with van der Waals surface area (Å²) >= 11 is 0. The van der Waals surface area contributed by atoms with Crippen molar-refractivity contribution in [3.63, 3.8) is 0 Å². The summed E-state index contributed by atoms with van der Waals surface area (Å²) in [5.74, 6) is 0.0156. The molecule has 2 aromatic heterocycles. The number of nitrogens with one attached hydrogen (secondary N) is 1. The average molecular weight is 245 g/mol. The Morgan fingerprint density at radius 3 is 2.78 bits per heavy atom. The van der Waals surface area contributed by atoms with Crippen LogP contribution in [0.1, 0.15) is 17.3 Å². The first kappa shape index (κ1) is 12.1. The van der Waals surface area contributed by atoms with E-state index in [4.69, 9.17) is 5.73 Å². The van der Waals surface area contributed by atoms with E-state index in [-0.39, 0.29) is 0 Å². The van der Waals surface area contributed by atoms with Gasteiger partial charge in [-0.25, -0.2) is 4.98 Å². The molecule has 6 nitrogen and oxygen atoms in total. The van der Waals surface area contributed by atoms with Gasteiger partial charge in [0, 0.05) is 37.1 Å². The Morgan fingerprint density at radius 1 is 1.44 bits per heavy atom. The monoisotopic (exact) mass is 245 g/mol. The van der Waals surface area contributed by atoms with Crippen LogP contribution in [0.5, 0.6) is 0 Å². The number of hydrogen-bond donors (Lipinski definition) is 2. The molecule has 1 amide bonds. The van der Waals surface area contributed by atoms with Crippen LogP contribution in [0.15, 0.2) is 24.7 Å². The molecule has 0 fully saturated rings. The number of anilines is 1. The van der Waals surface area contributed by atoms with E-state index in [1.54, 1.807) is 23.1 Å². The lowest BCUT2D eigenvalue weighted by atomic mass is 10.1. The Labute approximate surface area is 105 Å². The van der Waals surface area contributed by atoms with Crippen LogP contribution in [0.2, 0.25) is 0 Å². The van der Waals surface area contributed by atoms with E-state index in [1.165, 1.54) is 0 Å². The van der Waals surface area contributed by atoms with E-state index < -0.39 is 5.91 Å². The van der Waals surface area contributed by atoms with Crippen LogP contribution in [0.4, 0.5) is 5.82 Å². The number of rotatable bonds is 4. The van der Waals surface area contributed by atoms with Gasteiger partial charge in [0.15, 0.2) is 0 Å². The van der Waals surface area contributed by atoms with Gasteiger partial charge in [0.1, 0.15) is 5.82 Å². The van der Waals surface area contributed by atoms with Crippen molar-refractivity contribution in [3.8, 4) is 11.1 Å². The van der Waals surface area contributed by atoms with E-state index in [9.17, 15) is 4.79 Å². The molecule has 0 radical (unpaired) electrons. The molecular formula is C12H15N5O. The highest BCUT2D eigenvalue weighted by Crippen LogP contribution is 2.22. The number of hydrogen-bond acceptors (Lipinski definition) is 4. The number of pyridine rings is 1. The zero-order valence-corrected chi connectivity index (χ0v) is 10.3. The van der Waals surface area contributed by atoms with Gasteiger partial charge in [-0.1, -0.05) is 0 Å². The number of aryl methyl sites for hydroxylation is 1. The largest absolute Gasteiger partial charge is 0.370 e. The summed E-state index contributed by atoms with van der Waals surface area (Å²) in [6.07, 6.45) is 5.27. The minimum atomic E-state index is -0.496. The fraction of sp³-hybridized carbons (Fsp3) is 0.250. The van der Waals surface area contributed by atoms with Gasteiger partial charge in [0.05, 0.1) is 11.8 Å². The highest BCUT2D eigenvalue weighted by Gasteiger charge is 2.11. The van der Waals surface area contributed by atoms with Gasteiger partial charge in [0.25, 0.3) is 5.91 Å². The van der Waals surface area contributed by atoms with E-state index in [0.29, 0.717) is 17.9 Å². The van der Waals surface area contributed by atoms with Gasteiger partial charge in [0.2, 0.25) is 0 Å². The third-order valence-corrected chi connectivity index (χ3v) is 2.54. The summed E-state index contributed by atoms with van der Waals surface area (Å²) in [7, 11) is 1.83. The second-order valence-corrected chi connectivity index (χ2v) is 3.92. The summed E-state index contributed by atoms with van der Waals surface area (Å²) in [6, 6.07) is 1.73.